The van der Waals surface area contributed by atoms with Crippen molar-refractivity contribution < 1.29 is 0 Å². The lowest BCUT2D eigenvalue weighted by Crippen LogP contribution is -2.64. The standard InChI is InChI=1S/C16H33N3/c1-3-14(4-2)15(18-17)16(10-6-7-11-16)19-12-8-5-9-13-19/h14-15,18H,3-13,17H2,1-2H3. The summed E-state index contributed by atoms with van der Waals surface area (Å²) in [6.07, 6.45) is 12.1. The van der Waals surface area contributed by atoms with Crippen LogP contribution in [0, 0.1) is 5.92 Å². The van der Waals surface area contributed by atoms with E-state index in [1.165, 1.54) is 70.9 Å². The Kier molecular flexibility index (Phi) is 5.67. The van der Waals surface area contributed by atoms with E-state index >= 15 is 0 Å². The molecular formula is C16H33N3. The fourth-order valence-electron chi connectivity index (χ4n) is 4.64. The first-order valence-corrected chi connectivity index (χ1v) is 8.49. The van der Waals surface area contributed by atoms with Gasteiger partial charge in [-0.1, -0.05) is 46.0 Å². The third-order valence-corrected chi connectivity index (χ3v) is 5.73. The van der Waals surface area contributed by atoms with E-state index in [1.54, 1.807) is 0 Å². The van der Waals surface area contributed by atoms with E-state index in [0.717, 1.165) is 0 Å². The van der Waals surface area contributed by atoms with E-state index in [1.807, 2.05) is 0 Å². The largest absolute Gasteiger partial charge is 0.296 e. The zero-order valence-electron chi connectivity index (χ0n) is 13.0. The minimum Gasteiger partial charge on any atom is -0.296 e. The van der Waals surface area contributed by atoms with Crippen LogP contribution >= 0.6 is 0 Å². The van der Waals surface area contributed by atoms with Crippen molar-refractivity contribution in [2.75, 3.05) is 13.1 Å². The predicted molar refractivity (Wildman–Crippen MR) is 81.8 cm³/mol. The van der Waals surface area contributed by atoms with Gasteiger partial charge in [-0.05, 0) is 44.7 Å². The summed E-state index contributed by atoms with van der Waals surface area (Å²) in [4.78, 5) is 2.80. The zero-order valence-corrected chi connectivity index (χ0v) is 13.0. The molecule has 1 heterocycles. The van der Waals surface area contributed by atoms with E-state index in [9.17, 15) is 0 Å². The quantitative estimate of drug-likeness (QED) is 0.574. The highest BCUT2D eigenvalue weighted by Crippen LogP contribution is 2.42. The Morgan fingerprint density at radius 1 is 1.00 bits per heavy atom. The molecule has 19 heavy (non-hydrogen) atoms. The van der Waals surface area contributed by atoms with Crippen LogP contribution in [-0.4, -0.2) is 29.6 Å². The SMILES string of the molecule is CCC(CC)C(NN)C1(N2CCCCC2)CCCC1. The third-order valence-electron chi connectivity index (χ3n) is 5.73. The number of nitrogens with two attached hydrogens (primary N) is 1. The average Bonchev–Trinajstić information content (AvgIpc) is 2.96. The summed E-state index contributed by atoms with van der Waals surface area (Å²) in [5, 5.41) is 0. The van der Waals surface area contributed by atoms with E-state index < -0.39 is 0 Å². The number of likely N-dealkylation sites (tertiary alicyclic amines) is 1. The molecular weight excluding hydrogens is 234 g/mol. The monoisotopic (exact) mass is 267 g/mol. The summed E-state index contributed by atoms with van der Waals surface area (Å²) in [6.45, 7) is 7.21. The number of piperidine rings is 1. The second-order valence-electron chi connectivity index (χ2n) is 6.58. The summed E-state index contributed by atoms with van der Waals surface area (Å²) in [6, 6.07) is 0.475. The van der Waals surface area contributed by atoms with Gasteiger partial charge >= 0.3 is 0 Å². The first-order chi connectivity index (χ1) is 9.28. The molecule has 2 rings (SSSR count). The van der Waals surface area contributed by atoms with Crippen LogP contribution in [0.1, 0.15) is 71.6 Å². The van der Waals surface area contributed by atoms with Crippen LogP contribution in [0.3, 0.4) is 0 Å². The lowest BCUT2D eigenvalue weighted by Gasteiger charge is -2.50. The zero-order chi connectivity index (χ0) is 13.7. The Hall–Kier alpha value is -0.120. The van der Waals surface area contributed by atoms with Crippen molar-refractivity contribution in [1.29, 1.82) is 0 Å². The van der Waals surface area contributed by atoms with Gasteiger partial charge in [-0.3, -0.25) is 16.2 Å². The molecule has 3 nitrogen and oxygen atoms in total. The van der Waals surface area contributed by atoms with Crippen molar-refractivity contribution in [3.63, 3.8) is 0 Å². The molecule has 1 atom stereocenters. The molecule has 1 aliphatic heterocycles. The van der Waals surface area contributed by atoms with Gasteiger partial charge in [0.2, 0.25) is 0 Å². The number of hydrogen-bond acceptors (Lipinski definition) is 3. The van der Waals surface area contributed by atoms with Crippen LogP contribution in [-0.2, 0) is 0 Å². The molecule has 1 unspecified atom stereocenters. The van der Waals surface area contributed by atoms with Crippen LogP contribution in [0.25, 0.3) is 0 Å². The van der Waals surface area contributed by atoms with Crippen molar-refractivity contribution in [3.8, 4) is 0 Å². The van der Waals surface area contributed by atoms with Crippen LogP contribution in [0.15, 0.2) is 0 Å². The Bertz CT molecular complexity index is 251. The van der Waals surface area contributed by atoms with Crippen molar-refractivity contribution in [3.05, 3.63) is 0 Å². The topological polar surface area (TPSA) is 41.3 Å². The minimum atomic E-state index is 0.353. The van der Waals surface area contributed by atoms with E-state index in [0.29, 0.717) is 17.5 Å². The fraction of sp³-hybridized carbons (Fsp3) is 1.00. The van der Waals surface area contributed by atoms with E-state index in [-0.39, 0.29) is 0 Å². The molecule has 0 aromatic rings. The van der Waals surface area contributed by atoms with Gasteiger partial charge in [0.05, 0.1) is 0 Å². The molecule has 2 aliphatic rings. The first kappa shape index (κ1) is 15.3. The van der Waals surface area contributed by atoms with Crippen molar-refractivity contribution in [2.24, 2.45) is 11.8 Å². The smallest absolute Gasteiger partial charge is 0.0422 e. The molecule has 0 radical (unpaired) electrons. The summed E-state index contributed by atoms with van der Waals surface area (Å²) < 4.78 is 0. The maximum atomic E-state index is 6.02. The second-order valence-corrected chi connectivity index (χ2v) is 6.58. The summed E-state index contributed by atoms with van der Waals surface area (Å²) in [5.74, 6) is 6.73. The predicted octanol–water partition coefficient (Wildman–Crippen LogP) is 3.05. The lowest BCUT2D eigenvalue weighted by molar-refractivity contribution is 0.0152. The van der Waals surface area contributed by atoms with Gasteiger partial charge in [-0.2, -0.15) is 0 Å². The highest BCUT2D eigenvalue weighted by Gasteiger charge is 2.47. The average molecular weight is 267 g/mol. The fourth-order valence-corrected chi connectivity index (χ4v) is 4.64. The van der Waals surface area contributed by atoms with Crippen molar-refractivity contribution in [1.82, 2.24) is 10.3 Å². The van der Waals surface area contributed by atoms with Gasteiger partial charge in [0.15, 0.2) is 0 Å². The summed E-state index contributed by atoms with van der Waals surface area (Å²) >= 11 is 0. The lowest BCUT2D eigenvalue weighted by atomic mass is 9.76. The van der Waals surface area contributed by atoms with Crippen molar-refractivity contribution in [2.45, 2.75) is 83.2 Å². The second kappa shape index (κ2) is 7.05. The Labute approximate surface area is 119 Å². The van der Waals surface area contributed by atoms with Gasteiger partial charge < -0.3 is 0 Å². The van der Waals surface area contributed by atoms with Crippen LogP contribution in [0.4, 0.5) is 0 Å². The van der Waals surface area contributed by atoms with Gasteiger partial charge in [-0.25, -0.2) is 0 Å². The van der Waals surface area contributed by atoms with E-state index in [4.69, 9.17) is 5.84 Å². The molecule has 2 fully saturated rings. The Morgan fingerprint density at radius 2 is 1.58 bits per heavy atom. The molecule has 0 bridgehead atoms. The van der Waals surface area contributed by atoms with Gasteiger partial charge in [-0.15, -0.1) is 0 Å². The highest BCUT2D eigenvalue weighted by molar-refractivity contribution is 5.05. The molecule has 0 amide bonds. The van der Waals surface area contributed by atoms with Gasteiger partial charge in [0.25, 0.3) is 0 Å². The number of hydrazine groups is 1. The van der Waals surface area contributed by atoms with Crippen LogP contribution in [0.5, 0.6) is 0 Å². The molecule has 112 valence electrons. The molecule has 0 aromatic heterocycles. The third kappa shape index (κ3) is 2.98. The van der Waals surface area contributed by atoms with Crippen molar-refractivity contribution >= 4 is 0 Å². The summed E-state index contributed by atoms with van der Waals surface area (Å²) in [5.41, 5.74) is 3.60. The molecule has 0 aromatic carbocycles. The van der Waals surface area contributed by atoms with E-state index in [2.05, 4.69) is 24.2 Å². The molecule has 0 spiro atoms. The molecule has 3 heteroatoms. The van der Waals surface area contributed by atoms with Gasteiger partial charge in [0.1, 0.15) is 0 Å². The van der Waals surface area contributed by atoms with Crippen LogP contribution in [0.2, 0.25) is 0 Å². The number of nitrogens with zero attached hydrogens (tertiary/aromatic N) is 1. The van der Waals surface area contributed by atoms with Crippen LogP contribution < -0.4 is 11.3 Å². The number of rotatable bonds is 6. The molecule has 1 saturated heterocycles. The summed E-state index contributed by atoms with van der Waals surface area (Å²) in [7, 11) is 0. The van der Waals surface area contributed by atoms with Gasteiger partial charge in [0, 0.05) is 11.6 Å². The highest BCUT2D eigenvalue weighted by atomic mass is 15.3. The molecule has 1 saturated carbocycles. The normalized spacial score (nSPS) is 25.9. The molecule has 3 N–H and O–H groups in total. The Morgan fingerprint density at radius 3 is 2.05 bits per heavy atom. The molecule has 1 aliphatic carbocycles. The maximum Gasteiger partial charge on any atom is 0.0422 e. The number of hydrogen-bond donors (Lipinski definition) is 2. The maximum absolute atomic E-state index is 6.02. The Balaban J connectivity index is 2.20. The number of nitrogens with one attached hydrogen (secondary N) is 1. The first-order valence-electron chi connectivity index (χ1n) is 8.49. The minimum absolute atomic E-state index is 0.353.